The van der Waals surface area contributed by atoms with Crippen molar-refractivity contribution in [3.63, 3.8) is 0 Å². The van der Waals surface area contributed by atoms with Crippen molar-refractivity contribution in [1.29, 1.82) is 0 Å². The number of nitrogens with zero attached hydrogens (tertiary/aromatic N) is 3. The lowest BCUT2D eigenvalue weighted by molar-refractivity contribution is 0.671. The first-order valence-electron chi connectivity index (χ1n) is 15.7. The van der Waals surface area contributed by atoms with Crippen LogP contribution in [0.25, 0.3) is 89.1 Å². The average molecular weight is 602 g/mol. The summed E-state index contributed by atoms with van der Waals surface area (Å²) in [6.45, 7) is 0. The minimum Gasteiger partial charge on any atom is -0.455 e. The van der Waals surface area contributed by atoms with Crippen LogP contribution in [0, 0.1) is 0 Å². The molecule has 0 atom stereocenters. The number of furan rings is 1. The van der Waals surface area contributed by atoms with Gasteiger partial charge in [0.05, 0.1) is 5.56 Å². The topological polar surface area (TPSA) is 51.8 Å². The number of fused-ring (bicyclic) bond motifs is 4. The molecule has 0 N–H and O–H groups in total. The van der Waals surface area contributed by atoms with E-state index in [1.54, 1.807) is 0 Å². The summed E-state index contributed by atoms with van der Waals surface area (Å²) in [5.41, 5.74) is 8.79. The summed E-state index contributed by atoms with van der Waals surface area (Å²) in [7, 11) is 0. The summed E-state index contributed by atoms with van der Waals surface area (Å²) in [6, 6.07) is 56.3. The molecular weight excluding hydrogens is 574 g/mol. The zero-order valence-corrected chi connectivity index (χ0v) is 25.3. The second-order valence-electron chi connectivity index (χ2n) is 11.6. The van der Waals surface area contributed by atoms with Crippen molar-refractivity contribution >= 4 is 32.7 Å². The van der Waals surface area contributed by atoms with E-state index in [0.717, 1.165) is 66.1 Å². The maximum Gasteiger partial charge on any atom is 0.167 e. The van der Waals surface area contributed by atoms with Gasteiger partial charge in [0.1, 0.15) is 11.2 Å². The zero-order valence-electron chi connectivity index (χ0n) is 25.3. The second-order valence-corrected chi connectivity index (χ2v) is 11.6. The van der Waals surface area contributed by atoms with Gasteiger partial charge in [0.2, 0.25) is 0 Å². The highest BCUT2D eigenvalue weighted by Gasteiger charge is 2.21. The lowest BCUT2D eigenvalue weighted by Crippen LogP contribution is -2.00. The van der Waals surface area contributed by atoms with Crippen molar-refractivity contribution in [2.75, 3.05) is 0 Å². The van der Waals surface area contributed by atoms with Crippen molar-refractivity contribution < 1.29 is 4.42 Å². The molecule has 4 heteroatoms. The predicted molar refractivity (Wildman–Crippen MR) is 192 cm³/mol. The smallest absolute Gasteiger partial charge is 0.167 e. The van der Waals surface area contributed by atoms with Crippen LogP contribution in [0.4, 0.5) is 0 Å². The number of hydrogen-bond acceptors (Lipinski definition) is 4. The summed E-state index contributed by atoms with van der Waals surface area (Å²) >= 11 is 0. The molecule has 0 aliphatic carbocycles. The molecule has 0 radical (unpaired) electrons. The van der Waals surface area contributed by atoms with Gasteiger partial charge in [-0.05, 0) is 45.7 Å². The first kappa shape index (κ1) is 27.0. The largest absolute Gasteiger partial charge is 0.455 e. The predicted octanol–water partition coefficient (Wildman–Crippen LogP) is 11.3. The van der Waals surface area contributed by atoms with Crippen LogP contribution in [0.1, 0.15) is 0 Å². The Bertz CT molecular complexity index is 2500. The van der Waals surface area contributed by atoms with E-state index in [1.807, 2.05) is 72.8 Å². The summed E-state index contributed by atoms with van der Waals surface area (Å²) in [5.74, 6) is 1.80. The zero-order chi connectivity index (χ0) is 31.2. The van der Waals surface area contributed by atoms with Gasteiger partial charge < -0.3 is 4.42 Å². The monoisotopic (exact) mass is 601 g/mol. The fraction of sp³-hybridized carbons (Fsp3) is 0. The Morgan fingerprint density at radius 2 is 0.872 bits per heavy atom. The molecule has 0 bridgehead atoms. The van der Waals surface area contributed by atoms with Gasteiger partial charge >= 0.3 is 0 Å². The van der Waals surface area contributed by atoms with Crippen molar-refractivity contribution in [3.8, 4) is 56.4 Å². The minimum absolute atomic E-state index is 0.569. The fourth-order valence-corrected chi connectivity index (χ4v) is 6.47. The van der Waals surface area contributed by atoms with Crippen LogP contribution in [0.5, 0.6) is 0 Å². The molecule has 2 aromatic heterocycles. The molecule has 0 amide bonds. The van der Waals surface area contributed by atoms with E-state index in [1.165, 1.54) is 5.56 Å². The molecule has 9 rings (SSSR count). The Balaban J connectivity index is 1.31. The van der Waals surface area contributed by atoms with Gasteiger partial charge in [-0.1, -0.05) is 146 Å². The molecule has 7 aromatic carbocycles. The highest BCUT2D eigenvalue weighted by atomic mass is 16.3. The number of para-hydroxylation sites is 1. The molecule has 0 fully saturated rings. The molecule has 0 saturated heterocycles. The van der Waals surface area contributed by atoms with Crippen LogP contribution in [0.2, 0.25) is 0 Å². The number of benzene rings is 7. The van der Waals surface area contributed by atoms with E-state index in [0.29, 0.717) is 17.5 Å². The van der Waals surface area contributed by atoms with Gasteiger partial charge in [-0.25, -0.2) is 15.0 Å². The SMILES string of the molecule is c1ccc(-c2cccc(-c3c4ccccc4cc4c3oc3c(-c5nc(-c6ccccc6)nc(-c6ccccc6)n5)cccc34)c2)cc1. The Morgan fingerprint density at radius 1 is 0.340 bits per heavy atom. The van der Waals surface area contributed by atoms with Gasteiger partial charge in [0, 0.05) is 27.5 Å². The van der Waals surface area contributed by atoms with Crippen LogP contribution < -0.4 is 0 Å². The third kappa shape index (κ3) is 4.75. The van der Waals surface area contributed by atoms with Gasteiger partial charge in [-0.15, -0.1) is 0 Å². The van der Waals surface area contributed by atoms with Crippen LogP contribution in [0.15, 0.2) is 168 Å². The summed E-state index contributed by atoms with van der Waals surface area (Å²) < 4.78 is 6.97. The molecule has 0 saturated carbocycles. The standard InChI is InChI=1S/C43H27N3O/c1-4-14-28(15-5-1)31-21-12-22-33(26-31)38-34-23-11-10-20-32(34)27-37-35-24-13-25-36(39(35)47-40(37)38)43-45-41(29-16-6-2-7-17-29)44-42(46-43)30-18-8-3-9-19-30/h1-27H. The van der Waals surface area contributed by atoms with Crippen molar-refractivity contribution in [2.24, 2.45) is 0 Å². The lowest BCUT2D eigenvalue weighted by atomic mass is 9.93. The van der Waals surface area contributed by atoms with E-state index in [9.17, 15) is 0 Å². The van der Waals surface area contributed by atoms with Gasteiger partial charge in [0.25, 0.3) is 0 Å². The molecule has 4 nitrogen and oxygen atoms in total. The van der Waals surface area contributed by atoms with Crippen LogP contribution in [-0.2, 0) is 0 Å². The van der Waals surface area contributed by atoms with Crippen LogP contribution in [-0.4, -0.2) is 15.0 Å². The minimum atomic E-state index is 0.569. The van der Waals surface area contributed by atoms with Gasteiger partial charge in [0.15, 0.2) is 17.5 Å². The summed E-state index contributed by atoms with van der Waals surface area (Å²) in [4.78, 5) is 14.9. The first-order valence-corrected chi connectivity index (χ1v) is 15.7. The Morgan fingerprint density at radius 3 is 1.57 bits per heavy atom. The average Bonchev–Trinajstić information content (AvgIpc) is 3.53. The molecule has 0 unspecified atom stereocenters. The van der Waals surface area contributed by atoms with E-state index >= 15 is 0 Å². The molecule has 2 heterocycles. The van der Waals surface area contributed by atoms with Gasteiger partial charge in [-0.2, -0.15) is 0 Å². The second kappa shape index (κ2) is 11.2. The lowest BCUT2D eigenvalue weighted by Gasteiger charge is -2.10. The highest BCUT2D eigenvalue weighted by Crippen LogP contribution is 2.44. The first-order chi connectivity index (χ1) is 23.3. The molecule has 0 aliphatic heterocycles. The molecule has 0 spiro atoms. The fourth-order valence-electron chi connectivity index (χ4n) is 6.47. The summed E-state index contributed by atoms with van der Waals surface area (Å²) in [5, 5.41) is 4.38. The van der Waals surface area contributed by atoms with Crippen molar-refractivity contribution in [2.45, 2.75) is 0 Å². The maximum atomic E-state index is 6.97. The number of hydrogen-bond donors (Lipinski definition) is 0. The van der Waals surface area contributed by atoms with E-state index in [-0.39, 0.29) is 0 Å². The Kier molecular flexibility index (Phi) is 6.43. The molecule has 220 valence electrons. The van der Waals surface area contributed by atoms with Crippen molar-refractivity contribution in [3.05, 3.63) is 164 Å². The highest BCUT2D eigenvalue weighted by molar-refractivity contribution is 6.19. The molecule has 47 heavy (non-hydrogen) atoms. The molecular formula is C43H27N3O. The quantitative estimate of drug-likeness (QED) is 0.197. The summed E-state index contributed by atoms with van der Waals surface area (Å²) in [6.07, 6.45) is 0. The van der Waals surface area contributed by atoms with E-state index < -0.39 is 0 Å². The van der Waals surface area contributed by atoms with Crippen molar-refractivity contribution in [1.82, 2.24) is 15.0 Å². The van der Waals surface area contributed by atoms with Gasteiger partial charge in [-0.3, -0.25) is 0 Å². The Labute approximate surface area is 271 Å². The maximum absolute atomic E-state index is 6.97. The third-order valence-corrected chi connectivity index (χ3v) is 8.71. The Hall–Kier alpha value is -6.39. The number of aromatic nitrogens is 3. The molecule has 9 aromatic rings. The van der Waals surface area contributed by atoms with E-state index in [4.69, 9.17) is 19.4 Å². The van der Waals surface area contributed by atoms with Crippen LogP contribution >= 0.6 is 0 Å². The van der Waals surface area contributed by atoms with E-state index in [2.05, 4.69) is 91.0 Å². The number of rotatable bonds is 5. The molecule has 0 aliphatic rings. The normalized spacial score (nSPS) is 11.4. The third-order valence-electron chi connectivity index (χ3n) is 8.71. The van der Waals surface area contributed by atoms with Crippen LogP contribution in [0.3, 0.4) is 0 Å².